The van der Waals surface area contributed by atoms with Crippen molar-refractivity contribution in [1.29, 1.82) is 0 Å². The summed E-state index contributed by atoms with van der Waals surface area (Å²) in [7, 11) is 0. The third kappa shape index (κ3) is 4.43. The van der Waals surface area contributed by atoms with E-state index >= 15 is 0 Å². The van der Waals surface area contributed by atoms with Gasteiger partial charge in [-0.25, -0.2) is 4.98 Å². The Morgan fingerprint density at radius 3 is 2.36 bits per heavy atom. The molecule has 1 aliphatic rings. The second-order valence-electron chi connectivity index (χ2n) is 8.04. The van der Waals surface area contributed by atoms with Crippen LogP contribution in [0, 0.1) is 13.8 Å². The van der Waals surface area contributed by atoms with Crippen LogP contribution < -0.4 is 0 Å². The van der Waals surface area contributed by atoms with Crippen LogP contribution in [0.15, 0.2) is 48.8 Å². The lowest BCUT2D eigenvalue weighted by molar-refractivity contribution is 0.0628. The average Bonchev–Trinajstić information content (AvgIpc) is 3.06. The predicted molar refractivity (Wildman–Crippen MR) is 113 cm³/mol. The van der Waals surface area contributed by atoms with E-state index in [-0.39, 0.29) is 6.10 Å². The maximum absolute atomic E-state index is 10.7. The lowest BCUT2D eigenvalue weighted by Gasteiger charge is -2.35. The smallest absolute Gasteiger partial charge is 0.0959 e. The minimum absolute atomic E-state index is 0.389. The van der Waals surface area contributed by atoms with Gasteiger partial charge in [-0.1, -0.05) is 30.3 Å². The molecule has 0 aliphatic carbocycles. The fourth-order valence-electron chi connectivity index (χ4n) is 4.01. The number of hydrogen-bond donors (Lipinski definition) is 1. The van der Waals surface area contributed by atoms with E-state index in [9.17, 15) is 5.11 Å². The van der Waals surface area contributed by atoms with Crippen molar-refractivity contribution in [3.63, 3.8) is 0 Å². The standard InChI is InChI=1S/C23H30N4O/c1-18-12-22-23(13-19(18)2)27(17-24-22)16-21(28)15-26-10-8-25(9-11-26)14-20-6-4-3-5-7-20/h3-7,12-13,17,21,28H,8-11,14-16H2,1-2H3/t21-/m1/s1. The Kier molecular flexibility index (Phi) is 5.76. The minimum atomic E-state index is -0.389. The molecule has 1 atom stereocenters. The second kappa shape index (κ2) is 8.43. The third-order valence-corrected chi connectivity index (χ3v) is 5.83. The molecule has 2 heterocycles. The molecular weight excluding hydrogens is 348 g/mol. The Morgan fingerprint density at radius 2 is 1.61 bits per heavy atom. The molecule has 148 valence electrons. The van der Waals surface area contributed by atoms with Crippen molar-refractivity contribution in [2.24, 2.45) is 0 Å². The number of rotatable bonds is 6. The van der Waals surface area contributed by atoms with E-state index in [1.807, 2.05) is 6.33 Å². The first-order valence-corrected chi connectivity index (χ1v) is 10.2. The van der Waals surface area contributed by atoms with Gasteiger partial charge in [-0.3, -0.25) is 9.80 Å². The van der Waals surface area contributed by atoms with Crippen molar-refractivity contribution in [2.45, 2.75) is 33.0 Å². The van der Waals surface area contributed by atoms with Crippen LogP contribution in [0.1, 0.15) is 16.7 Å². The van der Waals surface area contributed by atoms with Crippen LogP contribution in [0.25, 0.3) is 11.0 Å². The number of aliphatic hydroxyl groups is 1. The molecule has 1 saturated heterocycles. The quantitative estimate of drug-likeness (QED) is 0.716. The molecule has 0 amide bonds. The number of aromatic nitrogens is 2. The van der Waals surface area contributed by atoms with E-state index in [2.05, 4.69) is 75.7 Å². The molecule has 0 radical (unpaired) electrons. The van der Waals surface area contributed by atoms with Crippen LogP contribution in [0.2, 0.25) is 0 Å². The van der Waals surface area contributed by atoms with Crippen LogP contribution in [0.4, 0.5) is 0 Å². The molecule has 1 aromatic heterocycles. The van der Waals surface area contributed by atoms with Gasteiger partial charge in [0.1, 0.15) is 0 Å². The van der Waals surface area contributed by atoms with Crippen LogP contribution >= 0.6 is 0 Å². The summed E-state index contributed by atoms with van der Waals surface area (Å²) in [6.45, 7) is 10.7. The SMILES string of the molecule is Cc1cc2ncn(C[C@H](O)CN3CCN(Cc4ccccc4)CC3)c2cc1C. The van der Waals surface area contributed by atoms with E-state index in [0.717, 1.165) is 43.8 Å². The molecule has 1 fully saturated rings. The van der Waals surface area contributed by atoms with Gasteiger partial charge >= 0.3 is 0 Å². The van der Waals surface area contributed by atoms with E-state index < -0.39 is 0 Å². The van der Waals surface area contributed by atoms with Crippen molar-refractivity contribution in [3.8, 4) is 0 Å². The van der Waals surface area contributed by atoms with Crippen molar-refractivity contribution >= 4 is 11.0 Å². The normalized spacial score (nSPS) is 17.2. The van der Waals surface area contributed by atoms with Crippen molar-refractivity contribution < 1.29 is 5.11 Å². The topological polar surface area (TPSA) is 44.5 Å². The average molecular weight is 379 g/mol. The van der Waals surface area contributed by atoms with Gasteiger partial charge in [0, 0.05) is 39.3 Å². The summed E-state index contributed by atoms with van der Waals surface area (Å²) in [5.41, 5.74) is 6.00. The summed E-state index contributed by atoms with van der Waals surface area (Å²) < 4.78 is 2.08. The van der Waals surface area contributed by atoms with Gasteiger partial charge in [0.2, 0.25) is 0 Å². The molecule has 3 aromatic rings. The van der Waals surface area contributed by atoms with Gasteiger partial charge in [-0.2, -0.15) is 0 Å². The molecule has 5 nitrogen and oxygen atoms in total. The Bertz CT molecular complexity index is 913. The van der Waals surface area contributed by atoms with Gasteiger partial charge in [0.15, 0.2) is 0 Å². The zero-order valence-electron chi connectivity index (χ0n) is 16.9. The monoisotopic (exact) mass is 378 g/mol. The number of hydrogen-bond acceptors (Lipinski definition) is 4. The summed E-state index contributed by atoms with van der Waals surface area (Å²) >= 11 is 0. The van der Waals surface area contributed by atoms with Crippen LogP contribution in [0.3, 0.4) is 0 Å². The highest BCUT2D eigenvalue weighted by Crippen LogP contribution is 2.19. The molecule has 5 heteroatoms. The summed E-state index contributed by atoms with van der Waals surface area (Å²) in [6.07, 6.45) is 1.46. The molecule has 0 spiro atoms. The Morgan fingerprint density at radius 1 is 0.929 bits per heavy atom. The van der Waals surface area contributed by atoms with Gasteiger partial charge in [-0.15, -0.1) is 0 Å². The second-order valence-corrected chi connectivity index (χ2v) is 8.04. The predicted octanol–water partition coefficient (Wildman–Crippen LogP) is 2.83. The highest BCUT2D eigenvalue weighted by Gasteiger charge is 2.20. The van der Waals surface area contributed by atoms with Crippen molar-refractivity contribution in [1.82, 2.24) is 19.4 Å². The van der Waals surface area contributed by atoms with Gasteiger partial charge in [0.25, 0.3) is 0 Å². The van der Waals surface area contributed by atoms with E-state index in [0.29, 0.717) is 13.1 Å². The van der Waals surface area contributed by atoms with E-state index in [1.165, 1.54) is 16.7 Å². The van der Waals surface area contributed by atoms with Crippen molar-refractivity contribution in [2.75, 3.05) is 32.7 Å². The zero-order valence-corrected chi connectivity index (χ0v) is 16.9. The van der Waals surface area contributed by atoms with Gasteiger partial charge in [-0.05, 0) is 42.7 Å². The van der Waals surface area contributed by atoms with E-state index in [1.54, 1.807) is 0 Å². The largest absolute Gasteiger partial charge is 0.390 e. The number of aryl methyl sites for hydroxylation is 2. The van der Waals surface area contributed by atoms with Gasteiger partial charge in [0.05, 0.1) is 30.0 Å². The van der Waals surface area contributed by atoms with Crippen LogP contribution in [-0.2, 0) is 13.1 Å². The molecule has 0 unspecified atom stereocenters. The fourth-order valence-corrected chi connectivity index (χ4v) is 4.01. The molecule has 1 N–H and O–H groups in total. The first kappa shape index (κ1) is 19.1. The molecule has 28 heavy (non-hydrogen) atoms. The summed E-state index contributed by atoms with van der Waals surface area (Å²) in [5.74, 6) is 0. The Labute approximate surface area is 167 Å². The summed E-state index contributed by atoms with van der Waals surface area (Å²) in [5, 5.41) is 10.7. The highest BCUT2D eigenvalue weighted by atomic mass is 16.3. The third-order valence-electron chi connectivity index (χ3n) is 5.83. The highest BCUT2D eigenvalue weighted by molar-refractivity contribution is 5.77. The maximum Gasteiger partial charge on any atom is 0.0959 e. The molecular formula is C23H30N4O. The Balaban J connectivity index is 1.29. The van der Waals surface area contributed by atoms with Gasteiger partial charge < -0.3 is 9.67 Å². The molecule has 1 aliphatic heterocycles. The molecule has 4 rings (SSSR count). The number of imidazole rings is 1. The number of β-amino-alcohol motifs (C(OH)–C–C–N with tert-alkyl or cyclic N) is 1. The zero-order chi connectivity index (χ0) is 19.5. The summed E-state index contributed by atoms with van der Waals surface area (Å²) in [4.78, 5) is 9.37. The number of aliphatic hydroxyl groups excluding tert-OH is 1. The number of nitrogens with zero attached hydrogens (tertiary/aromatic N) is 4. The minimum Gasteiger partial charge on any atom is -0.390 e. The van der Waals surface area contributed by atoms with Crippen LogP contribution in [0.5, 0.6) is 0 Å². The lowest BCUT2D eigenvalue weighted by atomic mass is 10.1. The number of fused-ring (bicyclic) bond motifs is 1. The lowest BCUT2D eigenvalue weighted by Crippen LogP contribution is -2.48. The van der Waals surface area contributed by atoms with Crippen molar-refractivity contribution in [3.05, 3.63) is 65.5 Å². The number of benzene rings is 2. The van der Waals surface area contributed by atoms with Crippen LogP contribution in [-0.4, -0.2) is 63.3 Å². The molecule has 0 saturated carbocycles. The first-order valence-electron chi connectivity index (χ1n) is 10.2. The number of piperazine rings is 1. The van der Waals surface area contributed by atoms with E-state index in [4.69, 9.17) is 0 Å². The maximum atomic E-state index is 10.7. The first-order chi connectivity index (χ1) is 13.6. The fraction of sp³-hybridized carbons (Fsp3) is 0.435. The molecule has 0 bridgehead atoms. The molecule has 2 aromatic carbocycles. The summed E-state index contributed by atoms with van der Waals surface area (Å²) in [6, 6.07) is 14.9. The Hall–Kier alpha value is -2.21.